The van der Waals surface area contributed by atoms with E-state index >= 15 is 0 Å². The fraction of sp³-hybridized carbons (Fsp3) is 0.296. The second-order valence-corrected chi connectivity index (χ2v) is 9.78. The lowest BCUT2D eigenvalue weighted by Crippen LogP contribution is -2.37. The molecule has 2 aliphatic heterocycles. The molecule has 0 aromatic heterocycles. The molecule has 0 radical (unpaired) electrons. The van der Waals surface area contributed by atoms with Gasteiger partial charge in [0.15, 0.2) is 23.0 Å². The first-order chi connectivity index (χ1) is 19.7. The number of benzene rings is 3. The second kappa shape index (κ2) is 9.73. The predicted molar refractivity (Wildman–Crippen MR) is 140 cm³/mol. The third-order valence-electron chi connectivity index (χ3n) is 7.69. The van der Waals surface area contributed by atoms with Crippen LogP contribution in [-0.2, 0) is 9.53 Å². The topological polar surface area (TPSA) is 182 Å². The van der Waals surface area contributed by atoms with Crippen molar-refractivity contribution in [2.24, 2.45) is 11.8 Å². The van der Waals surface area contributed by atoms with Crippen molar-refractivity contribution >= 4 is 23.0 Å². The molecule has 4 atom stereocenters. The van der Waals surface area contributed by atoms with Crippen molar-refractivity contribution < 1.29 is 43.4 Å². The Bertz CT molecular complexity index is 1550. The normalized spacial score (nSPS) is 21.9. The number of hydrogen-bond donors (Lipinski definition) is 2. The van der Waals surface area contributed by atoms with Crippen molar-refractivity contribution in [1.29, 1.82) is 0 Å². The molecular weight excluding hydrogens is 542 g/mol. The van der Waals surface area contributed by atoms with Crippen LogP contribution in [0.25, 0.3) is 0 Å². The summed E-state index contributed by atoms with van der Waals surface area (Å²) in [6, 6.07) is 9.40. The third kappa shape index (κ3) is 4.23. The van der Waals surface area contributed by atoms with E-state index in [2.05, 4.69) is 5.32 Å². The molecule has 2 heterocycles. The number of phenols is 1. The van der Waals surface area contributed by atoms with Crippen LogP contribution in [0.15, 0.2) is 42.5 Å². The van der Waals surface area contributed by atoms with Crippen LogP contribution in [0.3, 0.4) is 0 Å². The average Bonchev–Trinajstić information content (AvgIpc) is 3.58. The van der Waals surface area contributed by atoms with Gasteiger partial charge < -0.3 is 34.1 Å². The highest BCUT2D eigenvalue weighted by molar-refractivity contribution is 5.79. The molecule has 212 valence electrons. The number of rotatable bonds is 7. The molecule has 6 rings (SSSR count). The van der Waals surface area contributed by atoms with E-state index in [0.717, 1.165) is 6.07 Å². The summed E-state index contributed by atoms with van der Waals surface area (Å²) in [5, 5.41) is 36.8. The Morgan fingerprint density at radius 2 is 1.46 bits per heavy atom. The second-order valence-electron chi connectivity index (χ2n) is 9.78. The average molecular weight is 565 g/mol. The largest absolute Gasteiger partial charge is 0.502 e. The maximum absolute atomic E-state index is 13.3. The van der Waals surface area contributed by atoms with Crippen molar-refractivity contribution in [3.63, 3.8) is 0 Å². The predicted octanol–water partition coefficient (Wildman–Crippen LogP) is 4.04. The molecular formula is C27H23N3O11. The van der Waals surface area contributed by atoms with E-state index in [1.807, 2.05) is 0 Å². The van der Waals surface area contributed by atoms with Gasteiger partial charge in [0.2, 0.25) is 12.5 Å². The molecule has 14 nitrogen and oxygen atoms in total. The summed E-state index contributed by atoms with van der Waals surface area (Å²) in [5.74, 6) is -1.28. The van der Waals surface area contributed by atoms with Gasteiger partial charge in [-0.15, -0.1) is 0 Å². The summed E-state index contributed by atoms with van der Waals surface area (Å²) >= 11 is 0. The van der Waals surface area contributed by atoms with Crippen molar-refractivity contribution in [2.75, 3.05) is 32.9 Å². The Balaban J connectivity index is 1.54. The number of ether oxygens (including phenoxy) is 5. The van der Waals surface area contributed by atoms with E-state index in [0.29, 0.717) is 28.2 Å². The fourth-order valence-electron chi connectivity index (χ4n) is 5.91. The van der Waals surface area contributed by atoms with Crippen LogP contribution >= 0.6 is 0 Å². The van der Waals surface area contributed by atoms with E-state index < -0.39 is 51.0 Å². The molecule has 0 saturated carbocycles. The number of carbonyl (C=O) groups excluding carboxylic acids is 1. The van der Waals surface area contributed by atoms with Crippen molar-refractivity contribution in [3.05, 3.63) is 79.4 Å². The number of cyclic esters (lactones) is 1. The number of anilines is 1. The molecule has 0 spiro atoms. The Morgan fingerprint density at radius 3 is 2.02 bits per heavy atom. The number of carbonyl (C=O) groups is 1. The number of esters is 1. The number of nitro benzene ring substituents is 2. The molecule has 3 aliphatic rings. The highest BCUT2D eigenvalue weighted by Crippen LogP contribution is 2.56. The molecule has 41 heavy (non-hydrogen) atoms. The summed E-state index contributed by atoms with van der Waals surface area (Å²) in [7, 11) is 2.80. The molecule has 2 N–H and O–H groups in total. The number of hydrogen-bond acceptors (Lipinski definition) is 12. The van der Waals surface area contributed by atoms with Gasteiger partial charge in [0.1, 0.15) is 0 Å². The highest BCUT2D eigenvalue weighted by atomic mass is 16.7. The standard InChI is InChI=1S/C27H23N3O11/c1-37-21-3-12(4-22(38-2)26(21)31)23-16-8-19-20(41-11-40-19)9-17(16)25(18-10-39-27(32)24(18)23)28-13-5-14(29(33)34)7-15(6-13)30(35)36/h3-9,18,23-25,28,31H,10-11H2,1-2H3/t18-,23+,24-,25+/m0/s1. The summed E-state index contributed by atoms with van der Waals surface area (Å²) < 4.78 is 27.5. The summed E-state index contributed by atoms with van der Waals surface area (Å²) in [4.78, 5) is 34.9. The number of phenolic OH excluding ortho intramolecular Hbond substituents is 1. The number of non-ortho nitro benzene ring substituents is 2. The van der Waals surface area contributed by atoms with Crippen molar-refractivity contribution in [2.45, 2.75) is 12.0 Å². The minimum absolute atomic E-state index is 0.00613. The van der Waals surface area contributed by atoms with Gasteiger partial charge in [0, 0.05) is 29.7 Å². The van der Waals surface area contributed by atoms with Gasteiger partial charge in [-0.25, -0.2) is 0 Å². The summed E-state index contributed by atoms with van der Waals surface area (Å²) in [6.07, 6.45) is 0. The molecule has 0 amide bonds. The fourth-order valence-corrected chi connectivity index (χ4v) is 5.91. The van der Waals surface area contributed by atoms with Crippen LogP contribution in [0.4, 0.5) is 17.1 Å². The summed E-state index contributed by atoms with van der Waals surface area (Å²) in [6.45, 7) is 0.0166. The molecule has 0 unspecified atom stereocenters. The van der Waals surface area contributed by atoms with E-state index in [1.165, 1.54) is 26.4 Å². The molecule has 1 saturated heterocycles. The number of methoxy groups -OCH3 is 2. The van der Waals surface area contributed by atoms with Crippen LogP contribution < -0.4 is 24.3 Å². The van der Waals surface area contributed by atoms with Crippen LogP contribution in [0.5, 0.6) is 28.7 Å². The monoisotopic (exact) mass is 565 g/mol. The first kappa shape index (κ1) is 26.0. The van der Waals surface area contributed by atoms with Gasteiger partial charge in [0.05, 0.1) is 48.7 Å². The van der Waals surface area contributed by atoms with Gasteiger partial charge in [0.25, 0.3) is 11.4 Å². The van der Waals surface area contributed by atoms with Gasteiger partial charge in [-0.1, -0.05) is 0 Å². The quantitative estimate of drug-likeness (QED) is 0.239. The van der Waals surface area contributed by atoms with Crippen LogP contribution in [0.2, 0.25) is 0 Å². The first-order valence-electron chi connectivity index (χ1n) is 12.5. The lowest BCUT2D eigenvalue weighted by molar-refractivity contribution is -0.394. The Kier molecular flexibility index (Phi) is 6.16. The van der Waals surface area contributed by atoms with Crippen molar-refractivity contribution in [3.8, 4) is 28.7 Å². The molecule has 1 aliphatic carbocycles. The van der Waals surface area contributed by atoms with Gasteiger partial charge >= 0.3 is 5.97 Å². The minimum atomic E-state index is -0.743. The molecule has 0 bridgehead atoms. The van der Waals surface area contributed by atoms with Gasteiger partial charge in [-0.2, -0.15) is 0 Å². The smallest absolute Gasteiger partial charge is 0.310 e. The van der Waals surface area contributed by atoms with Gasteiger partial charge in [-0.3, -0.25) is 25.0 Å². The number of aromatic hydroxyl groups is 1. The molecule has 14 heteroatoms. The zero-order chi connectivity index (χ0) is 29.0. The summed E-state index contributed by atoms with van der Waals surface area (Å²) in [5.41, 5.74) is 1.17. The number of nitro groups is 2. The molecule has 3 aromatic rings. The zero-order valence-electron chi connectivity index (χ0n) is 21.7. The maximum Gasteiger partial charge on any atom is 0.310 e. The number of nitrogens with zero attached hydrogens (tertiary/aromatic N) is 2. The van der Waals surface area contributed by atoms with E-state index in [4.69, 9.17) is 23.7 Å². The van der Waals surface area contributed by atoms with E-state index in [1.54, 1.807) is 24.3 Å². The van der Waals surface area contributed by atoms with E-state index in [9.17, 15) is 30.1 Å². The highest BCUT2D eigenvalue weighted by Gasteiger charge is 2.53. The lowest BCUT2D eigenvalue weighted by atomic mass is 9.65. The molecule has 1 fully saturated rings. The van der Waals surface area contributed by atoms with Crippen molar-refractivity contribution in [1.82, 2.24) is 0 Å². The van der Waals surface area contributed by atoms with Gasteiger partial charge in [-0.05, 0) is 41.0 Å². The Labute approximate surface area is 231 Å². The maximum atomic E-state index is 13.3. The van der Waals surface area contributed by atoms with E-state index in [-0.39, 0.29) is 36.3 Å². The number of fused-ring (bicyclic) bond motifs is 3. The van der Waals surface area contributed by atoms with Crippen LogP contribution in [0.1, 0.15) is 28.7 Å². The van der Waals surface area contributed by atoms with Crippen LogP contribution in [-0.4, -0.2) is 48.5 Å². The number of nitrogens with one attached hydrogen (secondary N) is 1. The minimum Gasteiger partial charge on any atom is -0.502 e. The SMILES string of the molecule is COc1cc([C@@H]2c3cc4c(cc3[C@@H](Nc3cc([N+](=O)[O-])cc([N+](=O)[O-])c3)[C@H]3COC(=O)[C@H]23)OCO4)cc(OC)c1O. The Hall–Kier alpha value is -5.27. The lowest BCUT2D eigenvalue weighted by Gasteiger charge is -2.40. The third-order valence-corrected chi connectivity index (χ3v) is 7.69. The zero-order valence-corrected chi connectivity index (χ0v) is 21.7. The van der Waals surface area contributed by atoms with Crippen LogP contribution in [0, 0.1) is 32.1 Å². The Morgan fingerprint density at radius 1 is 0.878 bits per heavy atom. The molecule has 3 aromatic carbocycles. The first-order valence-corrected chi connectivity index (χ1v) is 12.5.